The van der Waals surface area contributed by atoms with Crippen LogP contribution in [0.1, 0.15) is 43.2 Å². The molecule has 0 fully saturated rings. The van der Waals surface area contributed by atoms with Crippen molar-refractivity contribution in [1.29, 1.82) is 0 Å². The molecule has 0 unspecified atom stereocenters. The number of aromatic nitrogens is 1. The second-order valence-electron chi connectivity index (χ2n) is 12.5. The number of carbonyl (C=O) groups is 5. The Bertz CT molecular complexity index is 1710. The highest BCUT2D eigenvalue weighted by Crippen LogP contribution is 2.19. The van der Waals surface area contributed by atoms with E-state index in [9.17, 15) is 34.2 Å². The fraction of sp³-hybridized carbons (Fsp3) is 0.429. The molecular formula is C35H50N10O7S. The molecule has 0 saturated heterocycles. The lowest BCUT2D eigenvalue weighted by atomic mass is 10.0. The number of aromatic hydroxyl groups is 1. The molecule has 0 saturated carbocycles. The van der Waals surface area contributed by atoms with E-state index in [1.165, 1.54) is 12.1 Å². The number of aliphatic carboxylic acids is 1. The number of carboxylic acid groups (broad SMARTS) is 1. The van der Waals surface area contributed by atoms with Crippen LogP contribution in [0.25, 0.3) is 10.9 Å². The lowest BCUT2D eigenvalue weighted by molar-refractivity contribution is -0.142. The van der Waals surface area contributed by atoms with Crippen LogP contribution >= 0.6 is 12.6 Å². The number of carboxylic acids is 1. The molecule has 15 N–H and O–H groups in total. The van der Waals surface area contributed by atoms with E-state index in [4.69, 9.17) is 22.9 Å². The van der Waals surface area contributed by atoms with Crippen molar-refractivity contribution in [3.63, 3.8) is 0 Å². The molecule has 2 aromatic carbocycles. The third kappa shape index (κ3) is 13.6. The highest BCUT2D eigenvalue weighted by atomic mass is 32.1. The summed E-state index contributed by atoms with van der Waals surface area (Å²) in [5, 5.41) is 30.7. The number of fused-ring (bicyclic) bond motifs is 1. The van der Waals surface area contributed by atoms with Crippen LogP contribution in [-0.2, 0) is 36.8 Å². The van der Waals surface area contributed by atoms with Gasteiger partial charge in [0.25, 0.3) is 0 Å². The van der Waals surface area contributed by atoms with Gasteiger partial charge < -0.3 is 59.4 Å². The summed E-state index contributed by atoms with van der Waals surface area (Å²) in [6.45, 7) is 0.493. The minimum absolute atomic E-state index is 0.00784. The van der Waals surface area contributed by atoms with Crippen LogP contribution < -0.4 is 44.2 Å². The van der Waals surface area contributed by atoms with Crippen LogP contribution in [0.2, 0.25) is 0 Å². The Morgan fingerprint density at radius 2 is 1.38 bits per heavy atom. The van der Waals surface area contributed by atoms with Gasteiger partial charge in [-0.2, -0.15) is 12.6 Å². The van der Waals surface area contributed by atoms with Crippen molar-refractivity contribution >= 4 is 59.1 Å². The Morgan fingerprint density at radius 1 is 0.774 bits per heavy atom. The van der Waals surface area contributed by atoms with Crippen LogP contribution in [0.5, 0.6) is 5.75 Å². The number of hydrogen-bond donors (Lipinski definition) is 12. The minimum atomic E-state index is -1.28. The number of aliphatic imine (C=N–C) groups is 1. The molecule has 3 aromatic rings. The van der Waals surface area contributed by atoms with E-state index in [1.54, 1.807) is 18.3 Å². The summed E-state index contributed by atoms with van der Waals surface area (Å²) < 4.78 is 0. The molecule has 53 heavy (non-hydrogen) atoms. The number of benzene rings is 2. The first kappa shape index (κ1) is 42.1. The average molecular weight is 755 g/mol. The number of H-pyrrole nitrogens is 1. The Morgan fingerprint density at radius 3 is 2.04 bits per heavy atom. The first-order valence-corrected chi connectivity index (χ1v) is 17.8. The van der Waals surface area contributed by atoms with Crippen LogP contribution in [0.3, 0.4) is 0 Å². The van der Waals surface area contributed by atoms with Gasteiger partial charge in [0.05, 0.1) is 6.04 Å². The van der Waals surface area contributed by atoms with Gasteiger partial charge in [-0.15, -0.1) is 0 Å². The number of aromatic amines is 1. The number of amides is 4. The molecule has 3 rings (SSSR count). The molecule has 5 atom stereocenters. The predicted octanol–water partition coefficient (Wildman–Crippen LogP) is -0.878. The molecule has 0 radical (unpaired) electrons. The zero-order chi connectivity index (χ0) is 38.9. The molecule has 0 aliphatic heterocycles. The fourth-order valence-corrected chi connectivity index (χ4v) is 5.78. The van der Waals surface area contributed by atoms with E-state index >= 15 is 0 Å². The normalized spacial score (nSPS) is 13.9. The molecule has 288 valence electrons. The van der Waals surface area contributed by atoms with Gasteiger partial charge in [-0.3, -0.25) is 24.2 Å². The molecule has 1 heterocycles. The number of rotatable bonds is 22. The second-order valence-corrected chi connectivity index (χ2v) is 12.9. The van der Waals surface area contributed by atoms with E-state index in [0.717, 1.165) is 16.5 Å². The molecule has 18 heteroatoms. The first-order chi connectivity index (χ1) is 25.3. The van der Waals surface area contributed by atoms with Crippen LogP contribution in [0.4, 0.5) is 0 Å². The van der Waals surface area contributed by atoms with Crippen molar-refractivity contribution in [2.75, 3.05) is 18.8 Å². The summed E-state index contributed by atoms with van der Waals surface area (Å²) in [5.74, 6) is -4.48. The number of nitrogens with zero attached hydrogens (tertiary/aromatic N) is 1. The monoisotopic (exact) mass is 754 g/mol. The van der Waals surface area contributed by atoms with Gasteiger partial charge in [0.15, 0.2) is 5.96 Å². The number of para-hydroxylation sites is 1. The van der Waals surface area contributed by atoms with Gasteiger partial charge in [-0.1, -0.05) is 30.3 Å². The average Bonchev–Trinajstić information content (AvgIpc) is 3.53. The molecule has 0 bridgehead atoms. The SMILES string of the molecule is NCCCC[C@H](NC(=O)[C@H](CCCN=C(N)N)NC(=O)[C@H](CS)NC(=O)[C@H](Cc1ccc(O)cc1)NC(=O)[C@@H](N)Cc1c[nH]c2ccccc12)C(=O)O. The number of unbranched alkanes of at least 4 members (excludes halogenated alkanes) is 1. The van der Waals surface area contributed by atoms with E-state index < -0.39 is 59.8 Å². The summed E-state index contributed by atoms with van der Waals surface area (Å²) in [4.78, 5) is 72.9. The van der Waals surface area contributed by atoms with Crippen molar-refractivity contribution in [2.24, 2.45) is 27.9 Å². The van der Waals surface area contributed by atoms with Gasteiger partial charge in [-0.05, 0) is 74.4 Å². The second kappa shape index (κ2) is 21.3. The van der Waals surface area contributed by atoms with Gasteiger partial charge in [0.2, 0.25) is 23.6 Å². The van der Waals surface area contributed by atoms with Crippen molar-refractivity contribution in [2.45, 2.75) is 75.2 Å². The van der Waals surface area contributed by atoms with Crippen molar-refractivity contribution in [3.05, 3.63) is 65.9 Å². The summed E-state index contributed by atoms with van der Waals surface area (Å²) in [6, 6.07) is 7.63. The third-order valence-electron chi connectivity index (χ3n) is 8.42. The summed E-state index contributed by atoms with van der Waals surface area (Å²) in [5.41, 5.74) is 24.9. The Labute approximate surface area is 312 Å². The lowest BCUT2D eigenvalue weighted by Gasteiger charge is -2.26. The van der Waals surface area contributed by atoms with E-state index in [2.05, 4.69) is 43.9 Å². The first-order valence-electron chi connectivity index (χ1n) is 17.2. The lowest BCUT2D eigenvalue weighted by Crippen LogP contribution is -2.59. The maximum absolute atomic E-state index is 13.8. The van der Waals surface area contributed by atoms with Crippen LogP contribution in [0.15, 0.2) is 59.7 Å². The predicted molar refractivity (Wildman–Crippen MR) is 204 cm³/mol. The molecule has 0 spiro atoms. The van der Waals surface area contributed by atoms with Crippen LogP contribution in [0, 0.1) is 0 Å². The van der Waals surface area contributed by atoms with E-state index in [0.29, 0.717) is 24.9 Å². The number of nitrogens with two attached hydrogens (primary N) is 4. The number of carbonyl (C=O) groups excluding carboxylic acids is 4. The van der Waals surface area contributed by atoms with Gasteiger partial charge in [0.1, 0.15) is 29.9 Å². The number of nitrogens with one attached hydrogen (secondary N) is 5. The van der Waals surface area contributed by atoms with Crippen molar-refractivity contribution in [1.82, 2.24) is 26.3 Å². The Balaban J connectivity index is 1.76. The van der Waals surface area contributed by atoms with Crippen LogP contribution in [-0.4, -0.2) is 99.8 Å². The third-order valence-corrected chi connectivity index (χ3v) is 8.78. The minimum Gasteiger partial charge on any atom is -0.508 e. The summed E-state index contributed by atoms with van der Waals surface area (Å²) in [7, 11) is 0. The zero-order valence-corrected chi connectivity index (χ0v) is 30.2. The van der Waals surface area contributed by atoms with E-state index in [-0.39, 0.29) is 56.1 Å². The van der Waals surface area contributed by atoms with Gasteiger partial charge in [-0.25, -0.2) is 4.79 Å². The number of guanidine groups is 1. The highest BCUT2D eigenvalue weighted by Gasteiger charge is 2.31. The van der Waals surface area contributed by atoms with Crippen molar-refractivity contribution in [3.8, 4) is 5.75 Å². The smallest absolute Gasteiger partial charge is 0.326 e. The Hall–Kier alpha value is -5.33. The van der Waals surface area contributed by atoms with Gasteiger partial charge >= 0.3 is 5.97 Å². The standard InChI is InChI=1S/C35H50N10O7S/c36-14-4-3-8-27(34(51)52)43-31(48)26(9-5-15-40-35(38)39)42-33(50)29(19-53)45-32(49)28(16-20-10-12-22(46)13-11-20)44-30(47)24(37)17-21-18-41-25-7-2-1-6-23(21)25/h1-2,6-7,10-13,18,24,26-29,41,46,53H,3-5,8-9,14-17,19,36-37H2,(H,42,50)(H,43,48)(H,44,47)(H,45,49)(H,51,52)(H4,38,39,40)/t24-,26-,27-,28-,29-/m0/s1. The number of hydrogen-bond acceptors (Lipinski definition) is 10. The summed E-state index contributed by atoms with van der Waals surface area (Å²) >= 11 is 4.25. The Kier molecular flexibility index (Phi) is 16.9. The molecule has 4 amide bonds. The summed E-state index contributed by atoms with van der Waals surface area (Å²) in [6.07, 6.45) is 3.35. The zero-order valence-electron chi connectivity index (χ0n) is 29.3. The van der Waals surface area contributed by atoms with Gasteiger partial charge in [0, 0.05) is 35.8 Å². The van der Waals surface area contributed by atoms with E-state index in [1.807, 2.05) is 24.3 Å². The molecule has 17 nitrogen and oxygen atoms in total. The molecule has 0 aliphatic carbocycles. The topological polar surface area (TPSA) is 306 Å². The molecular weight excluding hydrogens is 705 g/mol. The fourth-order valence-electron chi connectivity index (χ4n) is 5.52. The quantitative estimate of drug-likeness (QED) is 0.0259. The highest BCUT2D eigenvalue weighted by molar-refractivity contribution is 7.80. The maximum atomic E-state index is 13.8. The number of phenolic OH excluding ortho intramolecular Hbond substituents is 1. The molecule has 0 aliphatic rings. The molecule has 1 aromatic heterocycles. The van der Waals surface area contributed by atoms with Crippen molar-refractivity contribution < 1.29 is 34.2 Å². The number of phenols is 1. The number of thiol groups is 1. The largest absolute Gasteiger partial charge is 0.508 e. The maximum Gasteiger partial charge on any atom is 0.326 e.